The van der Waals surface area contributed by atoms with Crippen molar-refractivity contribution in [1.82, 2.24) is 20.4 Å². The predicted molar refractivity (Wildman–Crippen MR) is 98.9 cm³/mol. The van der Waals surface area contributed by atoms with E-state index in [-0.39, 0.29) is 23.8 Å². The van der Waals surface area contributed by atoms with Crippen molar-refractivity contribution in [1.29, 1.82) is 0 Å². The van der Waals surface area contributed by atoms with Gasteiger partial charge in [0.25, 0.3) is 5.91 Å². The Hall–Kier alpha value is -2.99. The van der Waals surface area contributed by atoms with Gasteiger partial charge in [-0.25, -0.2) is 4.79 Å². The number of alkyl halides is 3. The highest BCUT2D eigenvalue weighted by atomic mass is 19.4. The lowest BCUT2D eigenvalue weighted by Gasteiger charge is -2.32. The molecule has 0 radical (unpaired) electrons. The molecule has 2 fully saturated rings. The minimum absolute atomic E-state index is 0.00864. The van der Waals surface area contributed by atoms with Crippen molar-refractivity contribution in [3.8, 4) is 0 Å². The number of aliphatic carboxylic acids is 1. The first-order chi connectivity index (χ1) is 14.8. The van der Waals surface area contributed by atoms with E-state index >= 15 is 0 Å². The Morgan fingerprint density at radius 3 is 2.65 bits per heavy atom. The second-order valence-electron chi connectivity index (χ2n) is 7.06. The maximum atomic E-state index is 12.3. The molecule has 0 saturated carbocycles. The third-order valence-electron chi connectivity index (χ3n) is 4.94. The Bertz CT molecular complexity index is 863. The summed E-state index contributed by atoms with van der Waals surface area (Å²) in [5.41, 5.74) is 1.03. The SMILES string of the molecule is O=C(N[C@@H]1CN(Cc2ccccn2)[C@@H]2CCCO[C@@H]21)c1ccno1.O=C(O)C(F)(F)F. The zero-order valence-electron chi connectivity index (χ0n) is 16.3. The van der Waals surface area contributed by atoms with Crippen LogP contribution in [0.2, 0.25) is 0 Å². The van der Waals surface area contributed by atoms with Crippen molar-refractivity contribution in [2.75, 3.05) is 13.2 Å². The van der Waals surface area contributed by atoms with Gasteiger partial charge in [0, 0.05) is 38.0 Å². The lowest BCUT2D eigenvalue weighted by Crippen LogP contribution is -2.47. The number of carbonyl (C=O) groups excluding carboxylic acids is 1. The molecule has 2 aromatic heterocycles. The summed E-state index contributed by atoms with van der Waals surface area (Å²) in [6.07, 6.45) is 0.323. The molecule has 9 nitrogen and oxygen atoms in total. The summed E-state index contributed by atoms with van der Waals surface area (Å²) in [5.74, 6) is -2.77. The Kier molecular flexibility index (Phi) is 7.23. The van der Waals surface area contributed by atoms with E-state index in [9.17, 15) is 18.0 Å². The first-order valence-corrected chi connectivity index (χ1v) is 9.53. The van der Waals surface area contributed by atoms with E-state index in [0.29, 0.717) is 6.04 Å². The van der Waals surface area contributed by atoms with Crippen LogP contribution in [0.25, 0.3) is 0 Å². The van der Waals surface area contributed by atoms with Crippen LogP contribution in [0.1, 0.15) is 29.1 Å². The molecule has 0 aliphatic carbocycles. The van der Waals surface area contributed by atoms with Gasteiger partial charge < -0.3 is 19.7 Å². The summed E-state index contributed by atoms with van der Waals surface area (Å²) < 4.78 is 42.7. The number of halogens is 3. The van der Waals surface area contributed by atoms with Gasteiger partial charge in [0.1, 0.15) is 0 Å². The van der Waals surface area contributed by atoms with E-state index in [1.807, 2.05) is 24.4 Å². The minimum atomic E-state index is -5.08. The maximum absolute atomic E-state index is 12.3. The number of rotatable bonds is 4. The first kappa shape index (κ1) is 22.7. The van der Waals surface area contributed by atoms with Gasteiger partial charge in [0.05, 0.1) is 24.0 Å². The van der Waals surface area contributed by atoms with Crippen molar-refractivity contribution < 1.29 is 37.1 Å². The molecule has 1 amide bonds. The molecule has 4 rings (SSSR count). The van der Waals surface area contributed by atoms with Crippen LogP contribution >= 0.6 is 0 Å². The fraction of sp³-hybridized carbons (Fsp3) is 0.474. The van der Waals surface area contributed by atoms with E-state index in [1.54, 1.807) is 6.07 Å². The molecule has 4 heterocycles. The van der Waals surface area contributed by atoms with E-state index in [2.05, 4.69) is 20.4 Å². The van der Waals surface area contributed by atoms with Gasteiger partial charge in [-0.15, -0.1) is 0 Å². The lowest BCUT2D eigenvalue weighted by atomic mass is 10.0. The smallest absolute Gasteiger partial charge is 0.475 e. The van der Waals surface area contributed by atoms with Crippen molar-refractivity contribution >= 4 is 11.9 Å². The zero-order chi connectivity index (χ0) is 22.4. The molecule has 0 bridgehead atoms. The van der Waals surface area contributed by atoms with Gasteiger partial charge in [-0.2, -0.15) is 13.2 Å². The lowest BCUT2D eigenvalue weighted by molar-refractivity contribution is -0.192. The normalized spacial score (nSPS) is 23.4. The Labute approximate surface area is 175 Å². The molecule has 2 aliphatic rings. The average molecular weight is 442 g/mol. The molecule has 12 heteroatoms. The maximum Gasteiger partial charge on any atom is 0.490 e. The highest BCUT2D eigenvalue weighted by Gasteiger charge is 2.44. The Morgan fingerprint density at radius 1 is 1.26 bits per heavy atom. The van der Waals surface area contributed by atoms with Crippen LogP contribution in [0, 0.1) is 0 Å². The van der Waals surface area contributed by atoms with Gasteiger partial charge in [-0.3, -0.25) is 14.7 Å². The van der Waals surface area contributed by atoms with Crippen molar-refractivity contribution in [3.05, 3.63) is 48.1 Å². The predicted octanol–water partition coefficient (Wildman–Crippen LogP) is 1.86. The number of ether oxygens (including phenoxy) is 1. The Morgan fingerprint density at radius 2 is 2.03 bits per heavy atom. The molecule has 2 aliphatic heterocycles. The van der Waals surface area contributed by atoms with Crippen LogP contribution in [0.3, 0.4) is 0 Å². The van der Waals surface area contributed by atoms with Gasteiger partial charge in [-0.1, -0.05) is 11.2 Å². The first-order valence-electron chi connectivity index (χ1n) is 9.53. The number of aromatic nitrogens is 2. The molecule has 0 unspecified atom stereocenters. The molecule has 2 aromatic rings. The van der Waals surface area contributed by atoms with E-state index in [1.165, 1.54) is 6.20 Å². The second-order valence-corrected chi connectivity index (χ2v) is 7.06. The number of fused-ring (bicyclic) bond motifs is 1. The van der Waals surface area contributed by atoms with Crippen LogP contribution in [-0.2, 0) is 16.1 Å². The monoisotopic (exact) mass is 442 g/mol. The molecule has 2 N–H and O–H groups in total. The molecule has 31 heavy (non-hydrogen) atoms. The number of nitrogens with zero attached hydrogens (tertiary/aromatic N) is 3. The number of pyridine rings is 1. The summed E-state index contributed by atoms with van der Waals surface area (Å²) >= 11 is 0. The largest absolute Gasteiger partial charge is 0.490 e. The third kappa shape index (κ3) is 6.01. The summed E-state index contributed by atoms with van der Waals surface area (Å²) in [7, 11) is 0. The molecule has 3 atom stereocenters. The topological polar surface area (TPSA) is 118 Å². The van der Waals surface area contributed by atoms with E-state index < -0.39 is 12.1 Å². The van der Waals surface area contributed by atoms with Gasteiger partial charge >= 0.3 is 12.1 Å². The van der Waals surface area contributed by atoms with Crippen LogP contribution < -0.4 is 5.32 Å². The van der Waals surface area contributed by atoms with E-state index in [0.717, 1.165) is 38.2 Å². The van der Waals surface area contributed by atoms with Crippen LogP contribution in [0.5, 0.6) is 0 Å². The van der Waals surface area contributed by atoms with Gasteiger partial charge in [0.2, 0.25) is 5.76 Å². The number of carboxylic acid groups (broad SMARTS) is 1. The number of nitrogens with one attached hydrogen (secondary N) is 1. The standard InChI is InChI=1S/C17H20N4O3.C2HF3O2/c22-17(15-6-8-19-24-15)20-13-11-21(10-12-4-1-2-7-18-12)14-5-3-9-23-16(13)14;3-2(4,5)1(6)7/h1-2,4,6-8,13-14,16H,3,5,9-11H2,(H,20,22);(H,6,7)/t13-,14-,16-;/m1./s1. The van der Waals surface area contributed by atoms with Crippen LogP contribution in [0.4, 0.5) is 13.2 Å². The number of carboxylic acids is 1. The van der Waals surface area contributed by atoms with E-state index in [4.69, 9.17) is 19.2 Å². The fourth-order valence-electron chi connectivity index (χ4n) is 3.64. The van der Waals surface area contributed by atoms with Gasteiger partial charge in [0.15, 0.2) is 0 Å². The molecular weight excluding hydrogens is 421 g/mol. The number of hydrogen-bond donors (Lipinski definition) is 2. The Balaban J connectivity index is 0.000000339. The van der Waals surface area contributed by atoms with Crippen LogP contribution in [0.15, 0.2) is 41.2 Å². The highest BCUT2D eigenvalue weighted by molar-refractivity contribution is 5.91. The molecule has 0 aromatic carbocycles. The number of amides is 1. The zero-order valence-corrected chi connectivity index (χ0v) is 16.3. The minimum Gasteiger partial charge on any atom is -0.475 e. The van der Waals surface area contributed by atoms with Gasteiger partial charge in [-0.05, 0) is 25.0 Å². The molecule has 0 spiro atoms. The fourth-order valence-corrected chi connectivity index (χ4v) is 3.64. The quantitative estimate of drug-likeness (QED) is 0.737. The summed E-state index contributed by atoms with van der Waals surface area (Å²) in [5, 5.41) is 13.7. The van der Waals surface area contributed by atoms with Crippen molar-refractivity contribution in [3.63, 3.8) is 0 Å². The third-order valence-corrected chi connectivity index (χ3v) is 4.94. The number of likely N-dealkylation sites (tertiary alicyclic amines) is 1. The van der Waals surface area contributed by atoms with Crippen molar-refractivity contribution in [2.24, 2.45) is 0 Å². The molecule has 168 valence electrons. The molecule has 2 saturated heterocycles. The van der Waals surface area contributed by atoms with Crippen LogP contribution in [-0.4, -0.2) is 69.5 Å². The summed E-state index contributed by atoms with van der Waals surface area (Å²) in [6.45, 7) is 2.25. The number of hydrogen-bond acceptors (Lipinski definition) is 7. The summed E-state index contributed by atoms with van der Waals surface area (Å²) in [6, 6.07) is 7.75. The highest BCUT2D eigenvalue weighted by Crippen LogP contribution is 2.30. The summed E-state index contributed by atoms with van der Waals surface area (Å²) in [4.78, 5) is 27.9. The average Bonchev–Trinajstić information content (AvgIpc) is 3.38. The number of carbonyl (C=O) groups is 2. The second kappa shape index (κ2) is 9.88. The molecular formula is C19H21F3N4O5. The van der Waals surface area contributed by atoms with Crippen molar-refractivity contribution in [2.45, 2.75) is 43.8 Å².